The van der Waals surface area contributed by atoms with Gasteiger partial charge in [-0.2, -0.15) is 0 Å². The van der Waals surface area contributed by atoms with Crippen LogP contribution in [0.15, 0.2) is 0 Å². The van der Waals surface area contributed by atoms with Gasteiger partial charge in [-0.05, 0) is 6.42 Å². The molecule has 1 N–H and O–H groups in total. The summed E-state index contributed by atoms with van der Waals surface area (Å²) in [4.78, 5) is 13.2. The highest BCUT2D eigenvalue weighted by atomic mass is 16.2. The Labute approximate surface area is 72.4 Å². The third kappa shape index (κ3) is 1.62. The highest BCUT2D eigenvalue weighted by Gasteiger charge is 2.31. The topological polar surface area (TPSA) is 56.6 Å². The summed E-state index contributed by atoms with van der Waals surface area (Å²) in [7, 11) is 0. The van der Waals surface area contributed by atoms with Crippen LogP contribution >= 0.6 is 0 Å². The van der Waals surface area contributed by atoms with Crippen molar-refractivity contribution in [3.8, 4) is 0 Å². The average Bonchev–Trinajstić information content (AvgIpc) is 2.49. The Balaban J connectivity index is 2.61. The number of nitrogens with one attached hydrogen (secondary N) is 1. The zero-order valence-corrected chi connectivity index (χ0v) is 7.58. The average molecular weight is 169 g/mol. The van der Waals surface area contributed by atoms with Gasteiger partial charge in [-0.25, -0.2) is 0 Å². The quantitative estimate of drug-likeness (QED) is 0.566. The van der Waals surface area contributed by atoms with Crippen molar-refractivity contribution in [1.82, 2.24) is 4.90 Å². The van der Waals surface area contributed by atoms with Crippen molar-refractivity contribution in [2.24, 2.45) is 5.92 Å². The molecule has 1 unspecified atom stereocenters. The van der Waals surface area contributed by atoms with Crippen LogP contribution in [0.1, 0.15) is 26.7 Å². The predicted molar refractivity (Wildman–Crippen MR) is 43.9 cm³/mol. The van der Waals surface area contributed by atoms with Gasteiger partial charge in [-0.15, -0.1) is 0 Å². The molecule has 0 aromatic carbocycles. The van der Waals surface area contributed by atoms with E-state index in [0.717, 1.165) is 19.4 Å². The number of carbonyl (C=O) groups excluding carboxylic acids is 1. The maximum Gasteiger partial charge on any atom is 0.230 e. The Hall–Kier alpha value is -0.930. The second-order valence-corrected chi connectivity index (χ2v) is 3.47. The number of hydrogen-bond donors (Lipinski definition) is 1. The molecule has 4 nitrogen and oxygen atoms in total. The Morgan fingerprint density at radius 1 is 1.67 bits per heavy atom. The maximum absolute atomic E-state index is 11.5. The molecule has 0 bridgehead atoms. The lowest BCUT2D eigenvalue weighted by molar-refractivity contribution is -0.545. The van der Waals surface area contributed by atoms with E-state index < -0.39 is 0 Å². The largest absolute Gasteiger partial charge is 0.507 e. The SMILES string of the molecule is CC(C)C(=O)N1CCCC1[NH+]=[N-]. The molecule has 0 aliphatic carbocycles. The summed E-state index contributed by atoms with van der Waals surface area (Å²) in [5.41, 5.74) is 8.72. The first-order valence-electron chi connectivity index (χ1n) is 4.37. The number of likely N-dealkylation sites (tertiary alicyclic amines) is 1. The smallest absolute Gasteiger partial charge is 0.230 e. The van der Waals surface area contributed by atoms with Crippen LogP contribution in [0, 0.1) is 5.92 Å². The molecule has 0 saturated carbocycles. The number of rotatable bonds is 2. The molecule has 12 heavy (non-hydrogen) atoms. The second kappa shape index (κ2) is 3.65. The van der Waals surface area contributed by atoms with Gasteiger partial charge >= 0.3 is 0 Å². The minimum absolute atomic E-state index is 0.0129. The van der Waals surface area contributed by atoms with E-state index in [1.807, 2.05) is 13.8 Å². The molecular formula is C8H15N3O. The van der Waals surface area contributed by atoms with Crippen molar-refractivity contribution in [2.45, 2.75) is 32.9 Å². The fourth-order valence-electron chi connectivity index (χ4n) is 1.50. The summed E-state index contributed by atoms with van der Waals surface area (Å²) in [5, 5.41) is 2.15. The van der Waals surface area contributed by atoms with E-state index in [9.17, 15) is 4.79 Å². The van der Waals surface area contributed by atoms with Gasteiger partial charge in [0.25, 0.3) is 0 Å². The second-order valence-electron chi connectivity index (χ2n) is 3.47. The van der Waals surface area contributed by atoms with Crippen LogP contribution in [0.5, 0.6) is 0 Å². The minimum Gasteiger partial charge on any atom is -0.507 e. The fraction of sp³-hybridized carbons (Fsp3) is 0.875. The van der Waals surface area contributed by atoms with Crippen molar-refractivity contribution in [1.29, 1.82) is 0 Å². The molecule has 1 atom stereocenters. The van der Waals surface area contributed by atoms with E-state index in [2.05, 4.69) is 5.11 Å². The number of nitrogens with zero attached hydrogens (tertiary/aromatic N) is 2. The van der Waals surface area contributed by atoms with Crippen molar-refractivity contribution in [3.63, 3.8) is 0 Å². The summed E-state index contributed by atoms with van der Waals surface area (Å²) in [5.74, 6) is 0.123. The Bertz CT molecular complexity index is 191. The predicted octanol–water partition coefficient (Wildman–Crippen LogP) is -0.307. The van der Waals surface area contributed by atoms with Gasteiger partial charge in [-0.1, -0.05) is 13.8 Å². The molecule has 1 aliphatic heterocycles. The molecule has 1 saturated heterocycles. The van der Waals surface area contributed by atoms with Gasteiger partial charge in [0, 0.05) is 18.9 Å². The van der Waals surface area contributed by atoms with Gasteiger partial charge in [0.2, 0.25) is 12.1 Å². The molecule has 1 fully saturated rings. The Morgan fingerprint density at radius 3 is 2.83 bits per heavy atom. The lowest BCUT2D eigenvalue weighted by Gasteiger charge is -2.20. The van der Waals surface area contributed by atoms with Crippen molar-refractivity contribution in [2.75, 3.05) is 6.54 Å². The highest BCUT2D eigenvalue weighted by molar-refractivity contribution is 5.78. The fourth-order valence-corrected chi connectivity index (χ4v) is 1.50. The van der Waals surface area contributed by atoms with Crippen LogP contribution < -0.4 is 5.11 Å². The Kier molecular flexibility index (Phi) is 2.78. The molecular weight excluding hydrogens is 154 g/mol. The van der Waals surface area contributed by atoms with Gasteiger partial charge in [0.15, 0.2) is 0 Å². The van der Waals surface area contributed by atoms with E-state index in [1.54, 1.807) is 4.90 Å². The first-order chi connectivity index (χ1) is 5.66. The van der Waals surface area contributed by atoms with Crippen LogP contribution in [-0.4, -0.2) is 23.5 Å². The monoisotopic (exact) mass is 169 g/mol. The number of carbonyl (C=O) groups is 1. The zero-order chi connectivity index (χ0) is 9.14. The van der Waals surface area contributed by atoms with Gasteiger partial charge < -0.3 is 10.6 Å². The van der Waals surface area contributed by atoms with Gasteiger partial charge in [0.05, 0.1) is 0 Å². The third-order valence-electron chi connectivity index (χ3n) is 2.18. The number of amides is 1. The molecule has 0 aromatic heterocycles. The van der Waals surface area contributed by atoms with Crippen LogP contribution in [0.2, 0.25) is 0 Å². The molecule has 1 aliphatic rings. The Morgan fingerprint density at radius 2 is 2.33 bits per heavy atom. The van der Waals surface area contributed by atoms with Gasteiger partial charge in [0.1, 0.15) is 0 Å². The lowest BCUT2D eigenvalue weighted by Crippen LogP contribution is -2.76. The summed E-state index contributed by atoms with van der Waals surface area (Å²) < 4.78 is 0. The van der Waals surface area contributed by atoms with Gasteiger partial charge in [-0.3, -0.25) is 9.69 Å². The summed E-state index contributed by atoms with van der Waals surface area (Å²) >= 11 is 0. The van der Waals surface area contributed by atoms with E-state index >= 15 is 0 Å². The summed E-state index contributed by atoms with van der Waals surface area (Å²) in [6.45, 7) is 4.50. The lowest BCUT2D eigenvalue weighted by atomic mass is 10.2. The molecule has 0 spiro atoms. The van der Waals surface area contributed by atoms with E-state index in [0.29, 0.717) is 0 Å². The van der Waals surface area contributed by atoms with E-state index in [1.165, 1.54) is 0 Å². The molecule has 1 heterocycles. The maximum atomic E-state index is 11.5. The molecule has 0 radical (unpaired) electrons. The molecule has 1 rings (SSSR count). The zero-order valence-electron chi connectivity index (χ0n) is 7.58. The van der Waals surface area contributed by atoms with E-state index in [-0.39, 0.29) is 18.0 Å². The molecule has 4 heteroatoms. The van der Waals surface area contributed by atoms with E-state index in [4.69, 9.17) is 5.53 Å². The minimum atomic E-state index is -0.167. The standard InChI is InChI=1S/C8H15N3O/c1-6(2)8(12)11-5-3-4-7(11)10-9/h6-7,10H,3-5H2,1-2H3. The van der Waals surface area contributed by atoms with Crippen LogP contribution in [0.4, 0.5) is 0 Å². The molecule has 0 aromatic rings. The number of hydrogen-bond acceptors (Lipinski definition) is 1. The first kappa shape index (κ1) is 9.16. The van der Waals surface area contributed by atoms with Crippen LogP contribution in [-0.2, 0) is 4.79 Å². The van der Waals surface area contributed by atoms with Crippen LogP contribution in [0.25, 0.3) is 5.53 Å². The normalized spacial score (nSPS) is 23.2. The van der Waals surface area contributed by atoms with Crippen molar-refractivity contribution >= 4 is 5.91 Å². The molecule has 68 valence electrons. The molecule has 1 amide bonds. The third-order valence-corrected chi connectivity index (χ3v) is 2.18. The van der Waals surface area contributed by atoms with Crippen molar-refractivity contribution in [3.05, 3.63) is 5.53 Å². The van der Waals surface area contributed by atoms with Crippen LogP contribution in [0.3, 0.4) is 0 Å². The highest BCUT2D eigenvalue weighted by Crippen LogP contribution is 2.14. The summed E-state index contributed by atoms with van der Waals surface area (Å²) in [6.07, 6.45) is 1.64. The van der Waals surface area contributed by atoms with Crippen molar-refractivity contribution < 1.29 is 9.91 Å². The first-order valence-corrected chi connectivity index (χ1v) is 4.37. The summed E-state index contributed by atoms with van der Waals surface area (Å²) in [6, 6.07) is 0.